The van der Waals surface area contributed by atoms with Crippen LogP contribution in [0, 0.1) is 0 Å². The Morgan fingerprint density at radius 2 is 2.45 bits per heavy atom. The van der Waals surface area contributed by atoms with E-state index in [9.17, 15) is 4.79 Å². The lowest BCUT2D eigenvalue weighted by atomic mass is 10.2. The summed E-state index contributed by atoms with van der Waals surface area (Å²) in [5.74, 6) is 0.779. The van der Waals surface area contributed by atoms with Crippen LogP contribution in [0.5, 0.6) is 0 Å². The van der Waals surface area contributed by atoms with Crippen molar-refractivity contribution in [2.75, 3.05) is 0 Å². The predicted octanol–water partition coefficient (Wildman–Crippen LogP) is 1.60. The van der Waals surface area contributed by atoms with Crippen LogP contribution in [0.1, 0.15) is 18.6 Å². The predicted molar refractivity (Wildman–Crippen MR) is 37.7 cm³/mol. The Labute approximate surface area is 63.7 Å². The number of aliphatic imine (C=N–C) groups is 1. The fourth-order valence-electron chi connectivity index (χ4n) is 1.16. The molecule has 1 fully saturated rings. The Morgan fingerprint density at radius 1 is 1.64 bits per heavy atom. The van der Waals surface area contributed by atoms with E-state index in [0.717, 1.165) is 18.6 Å². The molecule has 0 amide bonds. The van der Waals surface area contributed by atoms with Crippen molar-refractivity contribution >= 4 is 6.08 Å². The Hall–Kier alpha value is -1.34. The van der Waals surface area contributed by atoms with Gasteiger partial charge < -0.3 is 4.42 Å². The second-order valence-electron chi connectivity index (χ2n) is 2.71. The summed E-state index contributed by atoms with van der Waals surface area (Å²) >= 11 is 0. The summed E-state index contributed by atoms with van der Waals surface area (Å²) in [6.07, 6.45) is 4.96. The van der Waals surface area contributed by atoms with Crippen LogP contribution in [0.25, 0.3) is 0 Å². The molecule has 1 heterocycles. The van der Waals surface area contributed by atoms with Crippen molar-refractivity contribution in [3.63, 3.8) is 0 Å². The van der Waals surface area contributed by atoms with E-state index in [2.05, 4.69) is 4.99 Å². The zero-order valence-electron chi connectivity index (χ0n) is 5.91. The van der Waals surface area contributed by atoms with E-state index in [1.54, 1.807) is 18.4 Å². The van der Waals surface area contributed by atoms with Gasteiger partial charge in [0.25, 0.3) is 0 Å². The lowest BCUT2D eigenvalue weighted by molar-refractivity contribution is 0.455. The summed E-state index contributed by atoms with van der Waals surface area (Å²) in [6.45, 7) is 0. The lowest BCUT2D eigenvalue weighted by Gasteiger charge is -2.00. The Morgan fingerprint density at radius 3 is 2.91 bits per heavy atom. The van der Waals surface area contributed by atoms with Gasteiger partial charge in [-0.15, -0.1) is 0 Å². The van der Waals surface area contributed by atoms with Gasteiger partial charge >= 0.3 is 0 Å². The zero-order valence-corrected chi connectivity index (χ0v) is 5.91. The van der Waals surface area contributed by atoms with Crippen molar-refractivity contribution in [2.45, 2.75) is 18.4 Å². The maximum Gasteiger partial charge on any atom is 0.235 e. The topological polar surface area (TPSA) is 42.6 Å². The summed E-state index contributed by atoms with van der Waals surface area (Å²) in [5, 5.41) is 0. The number of furan rings is 1. The van der Waals surface area contributed by atoms with E-state index in [1.807, 2.05) is 6.07 Å². The van der Waals surface area contributed by atoms with Gasteiger partial charge in [-0.05, 0) is 25.0 Å². The summed E-state index contributed by atoms with van der Waals surface area (Å²) in [7, 11) is 0. The molecule has 2 rings (SSSR count). The van der Waals surface area contributed by atoms with E-state index in [4.69, 9.17) is 4.42 Å². The zero-order chi connectivity index (χ0) is 7.73. The van der Waals surface area contributed by atoms with Crippen molar-refractivity contribution < 1.29 is 9.21 Å². The number of isocyanates is 1. The van der Waals surface area contributed by atoms with Crippen molar-refractivity contribution in [1.29, 1.82) is 0 Å². The number of nitrogens with zero attached hydrogens (tertiary/aromatic N) is 1. The first kappa shape index (κ1) is 6.38. The van der Waals surface area contributed by atoms with Gasteiger partial charge in [0.15, 0.2) is 0 Å². The fraction of sp³-hybridized carbons (Fsp3) is 0.375. The number of hydrogen-bond acceptors (Lipinski definition) is 3. The highest BCUT2D eigenvalue weighted by Crippen LogP contribution is 2.49. The monoisotopic (exact) mass is 149 g/mol. The smallest absolute Gasteiger partial charge is 0.235 e. The highest BCUT2D eigenvalue weighted by molar-refractivity contribution is 5.38. The molecule has 0 radical (unpaired) electrons. The van der Waals surface area contributed by atoms with E-state index >= 15 is 0 Å². The average Bonchev–Trinajstić information content (AvgIpc) is 2.63. The SMILES string of the molecule is O=C=NC1(c2ccco2)CC1. The molecule has 11 heavy (non-hydrogen) atoms. The largest absolute Gasteiger partial charge is 0.467 e. The Balaban J connectivity index is 2.35. The van der Waals surface area contributed by atoms with Crippen molar-refractivity contribution in [1.82, 2.24) is 0 Å². The highest BCUT2D eigenvalue weighted by atomic mass is 16.3. The van der Waals surface area contributed by atoms with Crippen LogP contribution in [-0.4, -0.2) is 6.08 Å². The molecule has 0 spiro atoms. The van der Waals surface area contributed by atoms with Crippen molar-refractivity contribution in [3.05, 3.63) is 24.2 Å². The molecule has 0 saturated heterocycles. The van der Waals surface area contributed by atoms with Gasteiger partial charge in [0.05, 0.1) is 6.26 Å². The molecule has 3 nitrogen and oxygen atoms in total. The molecule has 0 bridgehead atoms. The number of hydrogen-bond donors (Lipinski definition) is 0. The number of carbonyl (C=O) groups excluding carboxylic acids is 1. The van der Waals surface area contributed by atoms with Crippen LogP contribution in [0.3, 0.4) is 0 Å². The van der Waals surface area contributed by atoms with Gasteiger partial charge in [-0.25, -0.2) is 4.79 Å². The second-order valence-corrected chi connectivity index (χ2v) is 2.71. The molecule has 1 saturated carbocycles. The van der Waals surface area contributed by atoms with E-state index in [0.29, 0.717) is 0 Å². The van der Waals surface area contributed by atoms with Crippen LogP contribution in [0.4, 0.5) is 0 Å². The Bertz CT molecular complexity index is 292. The first-order valence-electron chi connectivity index (χ1n) is 3.50. The van der Waals surface area contributed by atoms with Gasteiger partial charge in [0, 0.05) is 0 Å². The Kier molecular flexibility index (Phi) is 1.20. The first-order valence-corrected chi connectivity index (χ1v) is 3.50. The van der Waals surface area contributed by atoms with Crippen LogP contribution in [0.15, 0.2) is 27.8 Å². The van der Waals surface area contributed by atoms with Gasteiger partial charge in [0.2, 0.25) is 6.08 Å². The first-order chi connectivity index (χ1) is 5.37. The third kappa shape index (κ3) is 0.900. The minimum atomic E-state index is -0.342. The molecule has 0 unspecified atom stereocenters. The number of rotatable bonds is 2. The van der Waals surface area contributed by atoms with Crippen LogP contribution in [-0.2, 0) is 10.3 Å². The van der Waals surface area contributed by atoms with Crippen LogP contribution < -0.4 is 0 Å². The van der Waals surface area contributed by atoms with Gasteiger partial charge in [-0.1, -0.05) is 0 Å². The molecule has 0 N–H and O–H groups in total. The standard InChI is InChI=1S/C8H7NO2/c10-6-9-8(3-4-8)7-2-1-5-11-7/h1-2,5H,3-4H2. The molecule has 1 aromatic heterocycles. The second kappa shape index (κ2) is 2.07. The van der Waals surface area contributed by atoms with E-state index in [1.165, 1.54) is 0 Å². The molecular formula is C8H7NO2. The molecule has 0 atom stereocenters. The summed E-state index contributed by atoms with van der Waals surface area (Å²) in [4.78, 5) is 13.7. The molecule has 0 aliphatic heterocycles. The summed E-state index contributed by atoms with van der Waals surface area (Å²) in [5.41, 5.74) is -0.342. The lowest BCUT2D eigenvalue weighted by Crippen LogP contribution is -1.98. The minimum absolute atomic E-state index is 0.342. The van der Waals surface area contributed by atoms with Crippen molar-refractivity contribution in [3.8, 4) is 0 Å². The van der Waals surface area contributed by atoms with Gasteiger partial charge in [0.1, 0.15) is 11.3 Å². The molecule has 1 aromatic rings. The van der Waals surface area contributed by atoms with Crippen LogP contribution in [0.2, 0.25) is 0 Å². The average molecular weight is 149 g/mol. The quantitative estimate of drug-likeness (QED) is 0.473. The molecule has 1 aliphatic rings. The molecular weight excluding hydrogens is 142 g/mol. The molecule has 0 aromatic carbocycles. The third-order valence-corrected chi connectivity index (χ3v) is 1.96. The van der Waals surface area contributed by atoms with E-state index in [-0.39, 0.29) is 5.54 Å². The maximum absolute atomic E-state index is 10.0. The minimum Gasteiger partial charge on any atom is -0.467 e. The van der Waals surface area contributed by atoms with E-state index < -0.39 is 0 Å². The van der Waals surface area contributed by atoms with Gasteiger partial charge in [-0.3, -0.25) is 0 Å². The fourth-order valence-corrected chi connectivity index (χ4v) is 1.16. The van der Waals surface area contributed by atoms with Crippen LogP contribution >= 0.6 is 0 Å². The van der Waals surface area contributed by atoms with Gasteiger partial charge in [-0.2, -0.15) is 4.99 Å². The highest BCUT2D eigenvalue weighted by Gasteiger charge is 2.47. The normalized spacial score (nSPS) is 18.9. The molecule has 56 valence electrons. The summed E-state index contributed by atoms with van der Waals surface area (Å²) < 4.78 is 5.14. The third-order valence-electron chi connectivity index (χ3n) is 1.96. The van der Waals surface area contributed by atoms with Crippen molar-refractivity contribution in [2.24, 2.45) is 4.99 Å². The summed E-state index contributed by atoms with van der Waals surface area (Å²) in [6, 6.07) is 3.64. The molecule has 1 aliphatic carbocycles. The molecule has 3 heteroatoms. The maximum atomic E-state index is 10.0.